The highest BCUT2D eigenvalue weighted by Crippen LogP contribution is 2.53. The molecular formula is C64H60BN3S. The molecule has 0 N–H and O–H groups in total. The minimum absolute atomic E-state index is 0.00350. The zero-order chi connectivity index (χ0) is 47.6. The highest BCUT2D eigenvalue weighted by atomic mass is 32.1. The van der Waals surface area contributed by atoms with Gasteiger partial charge in [-0.05, 0) is 166 Å². The second kappa shape index (κ2) is 15.9. The van der Waals surface area contributed by atoms with Gasteiger partial charge in [0.2, 0.25) is 0 Å². The lowest BCUT2D eigenvalue weighted by molar-refractivity contribution is 0.332. The summed E-state index contributed by atoms with van der Waals surface area (Å²) in [5.74, 6) is 0. The Hall–Kier alpha value is -6.82. The van der Waals surface area contributed by atoms with E-state index < -0.39 is 0 Å². The van der Waals surface area contributed by atoms with Crippen LogP contribution in [0.15, 0.2) is 176 Å². The van der Waals surface area contributed by atoms with E-state index in [0.29, 0.717) is 0 Å². The predicted octanol–water partition coefficient (Wildman–Crippen LogP) is 16.4. The number of rotatable bonds is 6. The van der Waals surface area contributed by atoms with E-state index in [-0.39, 0.29) is 23.0 Å². The maximum atomic E-state index is 2.66. The second-order valence-electron chi connectivity index (χ2n) is 22.2. The van der Waals surface area contributed by atoms with Crippen molar-refractivity contribution in [2.75, 3.05) is 14.7 Å². The largest absolute Gasteiger partial charge is 0.311 e. The Kier molecular flexibility index (Phi) is 9.99. The Balaban J connectivity index is 1.19. The van der Waals surface area contributed by atoms with E-state index in [1.54, 1.807) is 0 Å². The minimum atomic E-state index is -0.0381. The van der Waals surface area contributed by atoms with Gasteiger partial charge in [-0.15, -0.1) is 11.3 Å². The third-order valence-corrected chi connectivity index (χ3v) is 16.7. The van der Waals surface area contributed by atoms with Crippen LogP contribution >= 0.6 is 11.3 Å². The summed E-state index contributed by atoms with van der Waals surface area (Å²) in [6.07, 6.45) is 2.36. The predicted molar refractivity (Wildman–Crippen MR) is 299 cm³/mol. The molecule has 0 spiro atoms. The Morgan fingerprint density at radius 3 is 1.84 bits per heavy atom. The molecule has 0 amide bonds. The van der Waals surface area contributed by atoms with Gasteiger partial charge in [0.05, 0.1) is 11.4 Å². The normalized spacial score (nSPS) is 15.3. The van der Waals surface area contributed by atoms with Crippen LogP contribution in [0, 0.1) is 13.8 Å². The smallest absolute Gasteiger partial charge is 0.264 e. The molecule has 0 unspecified atom stereocenters. The first-order valence-electron chi connectivity index (χ1n) is 24.8. The quantitative estimate of drug-likeness (QED) is 0.154. The Labute approximate surface area is 413 Å². The lowest BCUT2D eigenvalue weighted by Gasteiger charge is -2.45. The molecule has 0 bridgehead atoms. The Morgan fingerprint density at radius 2 is 1.17 bits per heavy atom. The summed E-state index contributed by atoms with van der Waals surface area (Å²) in [5.41, 5.74) is 22.8. The van der Waals surface area contributed by atoms with Gasteiger partial charge in [-0.1, -0.05) is 146 Å². The van der Waals surface area contributed by atoms with Crippen LogP contribution in [0.25, 0.3) is 21.2 Å². The molecule has 3 aliphatic rings. The van der Waals surface area contributed by atoms with Gasteiger partial charge in [0.1, 0.15) is 0 Å². The number of para-hydroxylation sites is 2. The van der Waals surface area contributed by atoms with E-state index in [0.717, 1.165) is 17.1 Å². The van der Waals surface area contributed by atoms with Gasteiger partial charge in [-0.3, -0.25) is 0 Å². The zero-order valence-corrected chi connectivity index (χ0v) is 42.3. The molecule has 69 heavy (non-hydrogen) atoms. The first-order chi connectivity index (χ1) is 33.2. The number of thiophene rings is 1. The van der Waals surface area contributed by atoms with Gasteiger partial charge in [-0.2, -0.15) is 0 Å². The molecule has 9 aromatic rings. The number of nitrogens with zero attached hydrogens (tertiary/aromatic N) is 3. The molecule has 5 heteroatoms. The van der Waals surface area contributed by atoms with Crippen molar-refractivity contribution in [3.05, 3.63) is 204 Å². The third kappa shape index (κ3) is 7.06. The SMILES string of the molecule is Cc1cc2c3c(c1)N(c1ccc4c(c1)C(C)(C)CCC4(C)C)c1c(sc4cc(C)ccc14)B3c1ccc(N(c3ccccc3)c3ccccc3)cc1N2c1ccc(C(C)(C)C)cc1-c1ccccc1. The molecule has 8 aromatic carbocycles. The van der Waals surface area contributed by atoms with E-state index >= 15 is 0 Å². The number of hydrogen-bond donors (Lipinski definition) is 0. The maximum absolute atomic E-state index is 2.66. The van der Waals surface area contributed by atoms with Crippen LogP contribution in [0.2, 0.25) is 0 Å². The van der Waals surface area contributed by atoms with Crippen LogP contribution in [0.5, 0.6) is 0 Å². The van der Waals surface area contributed by atoms with Crippen LogP contribution in [0.3, 0.4) is 0 Å². The van der Waals surface area contributed by atoms with E-state index in [2.05, 4.69) is 253 Å². The summed E-state index contributed by atoms with van der Waals surface area (Å²) in [6.45, 7) is 21.3. The van der Waals surface area contributed by atoms with Gasteiger partial charge in [-0.25, -0.2) is 0 Å². The highest BCUT2D eigenvalue weighted by Gasteiger charge is 2.47. The number of hydrogen-bond acceptors (Lipinski definition) is 4. The van der Waals surface area contributed by atoms with Crippen molar-refractivity contribution in [1.29, 1.82) is 0 Å². The topological polar surface area (TPSA) is 9.72 Å². The maximum Gasteiger partial charge on any atom is 0.264 e. The molecule has 0 saturated carbocycles. The second-order valence-corrected chi connectivity index (χ2v) is 23.3. The number of benzene rings is 8. The first kappa shape index (κ1) is 43.5. The van der Waals surface area contributed by atoms with Crippen molar-refractivity contribution >= 4 is 95.0 Å². The summed E-state index contributed by atoms with van der Waals surface area (Å²) in [7, 11) is 0. The van der Waals surface area contributed by atoms with Crippen LogP contribution in [-0.2, 0) is 16.2 Å². The lowest BCUT2D eigenvalue weighted by atomic mass is 9.36. The van der Waals surface area contributed by atoms with Gasteiger partial charge in [0.25, 0.3) is 6.71 Å². The van der Waals surface area contributed by atoms with Crippen molar-refractivity contribution in [3.63, 3.8) is 0 Å². The molecule has 0 atom stereocenters. The molecular weight excluding hydrogens is 854 g/mol. The van der Waals surface area contributed by atoms with Crippen molar-refractivity contribution < 1.29 is 0 Å². The molecule has 3 heterocycles. The van der Waals surface area contributed by atoms with Crippen molar-refractivity contribution in [2.24, 2.45) is 0 Å². The average Bonchev–Trinajstić information content (AvgIpc) is 3.71. The lowest BCUT2D eigenvalue weighted by Crippen LogP contribution is -2.60. The van der Waals surface area contributed by atoms with Gasteiger partial charge >= 0.3 is 0 Å². The molecule has 340 valence electrons. The standard InChI is InChI=1S/C64H60BN3S/c1-41-25-29-49-58(37-41)69-61-60(49)67(47-27-30-51-52(39-47)64(8,9)34-33-63(51,6)7)56-35-42(2)36-57-59(56)65(61)53-31-28-48(66(45-21-15-11-16-22-45)46-23-17-12-18-24-46)40-55(53)68(57)54-32-26-44(62(3,4)5)38-50(54)43-19-13-10-14-20-43/h10-32,35-40H,33-34H2,1-9H3. The summed E-state index contributed by atoms with van der Waals surface area (Å²) in [5, 5.41) is 1.32. The highest BCUT2D eigenvalue weighted by molar-refractivity contribution is 7.33. The van der Waals surface area contributed by atoms with Crippen molar-refractivity contribution in [3.8, 4) is 11.1 Å². The number of aryl methyl sites for hydroxylation is 2. The number of fused-ring (bicyclic) bond motifs is 7. The van der Waals surface area contributed by atoms with E-state index in [1.165, 1.54) is 112 Å². The van der Waals surface area contributed by atoms with Crippen LogP contribution in [-0.4, -0.2) is 6.71 Å². The molecule has 3 nitrogen and oxygen atoms in total. The average molecular weight is 914 g/mol. The molecule has 0 fully saturated rings. The first-order valence-corrected chi connectivity index (χ1v) is 25.6. The fraction of sp³-hybridized carbons (Fsp3) is 0.219. The van der Waals surface area contributed by atoms with E-state index in [4.69, 9.17) is 0 Å². The zero-order valence-electron chi connectivity index (χ0n) is 41.5. The van der Waals surface area contributed by atoms with E-state index in [1.807, 2.05) is 11.3 Å². The molecule has 0 saturated heterocycles. The Bertz CT molecular complexity index is 3430. The third-order valence-electron chi connectivity index (χ3n) is 15.5. The van der Waals surface area contributed by atoms with Crippen LogP contribution < -0.4 is 30.4 Å². The Morgan fingerprint density at radius 1 is 0.536 bits per heavy atom. The van der Waals surface area contributed by atoms with Crippen molar-refractivity contribution in [1.82, 2.24) is 0 Å². The fourth-order valence-corrected chi connectivity index (χ4v) is 13.2. The number of anilines is 9. The van der Waals surface area contributed by atoms with E-state index in [9.17, 15) is 0 Å². The molecule has 1 aromatic heterocycles. The summed E-state index contributed by atoms with van der Waals surface area (Å²) >= 11 is 1.98. The molecule has 2 aliphatic heterocycles. The molecule has 1 aliphatic carbocycles. The van der Waals surface area contributed by atoms with Crippen LogP contribution in [0.4, 0.5) is 51.2 Å². The van der Waals surface area contributed by atoms with Gasteiger partial charge < -0.3 is 14.7 Å². The van der Waals surface area contributed by atoms with Gasteiger partial charge in [0, 0.05) is 60.2 Å². The monoisotopic (exact) mass is 913 g/mol. The molecule has 12 rings (SSSR count). The summed E-state index contributed by atoms with van der Waals surface area (Å²) < 4.78 is 2.73. The summed E-state index contributed by atoms with van der Waals surface area (Å²) in [6, 6.07) is 66.7. The van der Waals surface area contributed by atoms with Gasteiger partial charge in [0.15, 0.2) is 0 Å². The fourth-order valence-electron chi connectivity index (χ4n) is 11.7. The molecule has 0 radical (unpaired) electrons. The van der Waals surface area contributed by atoms with Crippen LogP contribution in [0.1, 0.15) is 89.1 Å². The summed E-state index contributed by atoms with van der Waals surface area (Å²) in [4.78, 5) is 7.70. The van der Waals surface area contributed by atoms with Crippen molar-refractivity contribution in [2.45, 2.75) is 91.4 Å². The minimum Gasteiger partial charge on any atom is -0.311 e.